The first-order chi connectivity index (χ1) is 17.5. The third-order valence-corrected chi connectivity index (χ3v) is 6.83. The van der Waals surface area contributed by atoms with Crippen LogP contribution in [0.4, 0.5) is 15.8 Å². The number of anilines is 2. The van der Waals surface area contributed by atoms with E-state index in [0.717, 1.165) is 50.3 Å². The van der Waals surface area contributed by atoms with E-state index in [1.807, 2.05) is 36.4 Å². The number of allylic oxidation sites excluding steroid dienone is 2. The number of nitrogens with two attached hydrogens (primary N) is 2. The average molecular weight is 474 g/mol. The molecule has 2 aliphatic rings. The fraction of sp³-hybridized carbons (Fsp3) is 0.0323. The first kappa shape index (κ1) is 21.7. The highest BCUT2D eigenvalue weighted by molar-refractivity contribution is 6.13. The molecule has 4 aromatic carbocycles. The average Bonchev–Trinajstić information content (AvgIpc) is 3.14. The molecule has 0 amide bonds. The number of hydrogen-bond acceptors (Lipinski definition) is 4. The summed E-state index contributed by atoms with van der Waals surface area (Å²) < 4.78 is 20.5. The summed E-state index contributed by atoms with van der Waals surface area (Å²) >= 11 is 0. The molecule has 6 rings (SSSR count). The maximum Gasteiger partial charge on any atom is 0.151 e. The molecule has 1 heterocycles. The van der Waals surface area contributed by atoms with Gasteiger partial charge in [0.1, 0.15) is 5.82 Å². The molecule has 4 aromatic rings. The summed E-state index contributed by atoms with van der Waals surface area (Å²) in [5.41, 5.74) is 19.7. The number of fused-ring (bicyclic) bond motifs is 1. The van der Waals surface area contributed by atoms with Gasteiger partial charge in [-0.05, 0) is 71.5 Å². The molecule has 0 aromatic heterocycles. The van der Waals surface area contributed by atoms with Gasteiger partial charge < -0.3 is 21.1 Å². The van der Waals surface area contributed by atoms with Crippen LogP contribution in [0, 0.1) is 5.82 Å². The number of nitrogens with zero attached hydrogens (tertiary/aromatic N) is 1. The number of rotatable bonds is 5. The van der Waals surface area contributed by atoms with Crippen LogP contribution in [-0.4, -0.2) is 0 Å². The largest absolute Gasteiger partial charge is 0.453 e. The Kier molecular flexibility index (Phi) is 4.93. The second kappa shape index (κ2) is 8.17. The van der Waals surface area contributed by atoms with Gasteiger partial charge in [0.05, 0.1) is 22.8 Å². The van der Waals surface area contributed by atoms with E-state index in [1.165, 1.54) is 6.07 Å². The molecule has 1 aliphatic heterocycles. The van der Waals surface area contributed by atoms with E-state index in [4.69, 9.17) is 16.2 Å². The Bertz CT molecular complexity index is 1650. The van der Waals surface area contributed by atoms with E-state index in [0.29, 0.717) is 29.1 Å². The molecule has 0 unspecified atom stereocenters. The molecular formula is C31H24FN3O. The lowest BCUT2D eigenvalue weighted by Crippen LogP contribution is -2.22. The second-order valence-electron chi connectivity index (χ2n) is 8.88. The van der Waals surface area contributed by atoms with Gasteiger partial charge in [0.15, 0.2) is 11.5 Å². The Hall–Kier alpha value is -4.77. The van der Waals surface area contributed by atoms with Gasteiger partial charge in [-0.2, -0.15) is 0 Å². The van der Waals surface area contributed by atoms with Gasteiger partial charge in [-0.25, -0.2) is 4.39 Å². The van der Waals surface area contributed by atoms with Gasteiger partial charge in [-0.1, -0.05) is 49.6 Å². The van der Waals surface area contributed by atoms with Gasteiger partial charge in [0.2, 0.25) is 0 Å². The van der Waals surface area contributed by atoms with Crippen molar-refractivity contribution in [3.8, 4) is 5.75 Å². The number of benzene rings is 4. The number of ether oxygens (including phenoxy) is 1. The zero-order valence-corrected chi connectivity index (χ0v) is 19.6. The Morgan fingerprint density at radius 2 is 1.61 bits per heavy atom. The van der Waals surface area contributed by atoms with Crippen LogP contribution in [0.25, 0.3) is 22.2 Å². The smallest absolute Gasteiger partial charge is 0.151 e. The molecule has 0 saturated heterocycles. The lowest BCUT2D eigenvalue weighted by atomic mass is 9.94. The second-order valence-corrected chi connectivity index (χ2v) is 8.88. The van der Waals surface area contributed by atoms with Gasteiger partial charge in [-0.15, -0.1) is 0 Å². The van der Waals surface area contributed by atoms with Crippen LogP contribution in [0.15, 0.2) is 110 Å². The highest BCUT2D eigenvalue weighted by atomic mass is 19.1. The zero-order valence-electron chi connectivity index (χ0n) is 19.6. The highest BCUT2D eigenvalue weighted by Gasteiger charge is 2.26. The van der Waals surface area contributed by atoms with Gasteiger partial charge in [0.25, 0.3) is 0 Å². The summed E-state index contributed by atoms with van der Waals surface area (Å²) in [4.78, 5) is 2.11. The molecule has 0 saturated carbocycles. The molecule has 1 aliphatic carbocycles. The molecule has 4 nitrogen and oxygen atoms in total. The van der Waals surface area contributed by atoms with Crippen LogP contribution in [0.2, 0.25) is 0 Å². The molecule has 0 fully saturated rings. The third kappa shape index (κ3) is 3.21. The normalized spacial score (nSPS) is 14.2. The molecule has 0 spiro atoms. The predicted octanol–water partition coefficient (Wildman–Crippen LogP) is 6.74. The fourth-order valence-electron chi connectivity index (χ4n) is 5.13. The standard InChI is InChI=1S/C31H24FN3O/c1-3-25-27(4-2)36-28-8-6-5-7-26(28)35(25)21-12-9-18(10-13-21)15-19-11-14-22-29-23(19)16-20(32)17-24(29)31(34)30(22)33/h3-14,16-17H,1-2,15,33-34H2. The van der Waals surface area contributed by atoms with E-state index >= 15 is 0 Å². The van der Waals surface area contributed by atoms with Crippen LogP contribution in [0.1, 0.15) is 22.3 Å². The number of halogens is 1. The fourth-order valence-corrected chi connectivity index (χ4v) is 5.13. The van der Waals surface area contributed by atoms with Gasteiger partial charge >= 0.3 is 0 Å². The maximum absolute atomic E-state index is 14.5. The van der Waals surface area contributed by atoms with Crippen molar-refractivity contribution >= 4 is 33.5 Å². The van der Waals surface area contributed by atoms with Crippen molar-refractivity contribution < 1.29 is 9.13 Å². The molecule has 0 radical (unpaired) electrons. The predicted molar refractivity (Wildman–Crippen MR) is 145 cm³/mol. The summed E-state index contributed by atoms with van der Waals surface area (Å²) in [7, 11) is 0. The number of para-hydroxylation sites is 2. The molecule has 36 heavy (non-hydrogen) atoms. The lowest BCUT2D eigenvalue weighted by molar-refractivity contribution is 0.431. The van der Waals surface area contributed by atoms with Crippen molar-refractivity contribution in [1.29, 1.82) is 0 Å². The van der Waals surface area contributed by atoms with Crippen molar-refractivity contribution in [3.05, 3.63) is 138 Å². The Balaban J connectivity index is 1.38. The molecule has 5 heteroatoms. The highest BCUT2D eigenvalue weighted by Crippen LogP contribution is 2.43. The molecule has 176 valence electrons. The van der Waals surface area contributed by atoms with E-state index in [9.17, 15) is 4.39 Å². The van der Waals surface area contributed by atoms with Crippen molar-refractivity contribution in [2.45, 2.75) is 6.42 Å². The van der Waals surface area contributed by atoms with E-state index < -0.39 is 0 Å². The Labute approximate surface area is 208 Å². The minimum atomic E-state index is -0.323. The maximum atomic E-state index is 14.5. The quantitative estimate of drug-likeness (QED) is 0.337. The van der Waals surface area contributed by atoms with Crippen LogP contribution in [0.3, 0.4) is 0 Å². The minimum Gasteiger partial charge on any atom is -0.453 e. The first-order valence-corrected chi connectivity index (χ1v) is 11.7. The summed E-state index contributed by atoms with van der Waals surface area (Å²) in [6.45, 7) is 7.89. The summed E-state index contributed by atoms with van der Waals surface area (Å²) in [5, 5.41) is 1.76. The molecule has 0 atom stereocenters. The molecular weight excluding hydrogens is 449 g/mol. The first-order valence-electron chi connectivity index (χ1n) is 11.7. The van der Waals surface area contributed by atoms with Crippen molar-refractivity contribution in [3.63, 3.8) is 0 Å². The third-order valence-electron chi connectivity index (χ3n) is 6.83. The van der Waals surface area contributed by atoms with Crippen LogP contribution >= 0.6 is 0 Å². The van der Waals surface area contributed by atoms with Crippen LogP contribution < -0.4 is 21.1 Å². The number of hydrogen-bond donors (Lipinski definition) is 2. The van der Waals surface area contributed by atoms with E-state index in [2.05, 4.69) is 42.3 Å². The summed E-state index contributed by atoms with van der Waals surface area (Å²) in [6, 6.07) is 23.2. The Morgan fingerprint density at radius 3 is 2.36 bits per heavy atom. The van der Waals surface area contributed by atoms with E-state index in [1.54, 1.807) is 18.2 Å². The summed E-state index contributed by atoms with van der Waals surface area (Å²) in [6.07, 6.45) is 4.10. The minimum absolute atomic E-state index is 0.323. The molecule has 4 N–H and O–H groups in total. The Morgan fingerprint density at radius 1 is 0.861 bits per heavy atom. The van der Waals surface area contributed by atoms with Crippen molar-refractivity contribution in [2.24, 2.45) is 11.5 Å². The topological polar surface area (TPSA) is 64.5 Å². The molecule has 0 bridgehead atoms. The monoisotopic (exact) mass is 473 g/mol. The van der Waals surface area contributed by atoms with E-state index in [-0.39, 0.29) is 5.82 Å². The zero-order chi connectivity index (χ0) is 25.0. The lowest BCUT2D eigenvalue weighted by Gasteiger charge is -2.33. The summed E-state index contributed by atoms with van der Waals surface area (Å²) in [5.74, 6) is 1.08. The van der Waals surface area contributed by atoms with Crippen LogP contribution in [0.5, 0.6) is 5.75 Å². The van der Waals surface area contributed by atoms with Gasteiger partial charge in [0, 0.05) is 22.2 Å². The van der Waals surface area contributed by atoms with Gasteiger partial charge in [-0.3, -0.25) is 0 Å². The van der Waals surface area contributed by atoms with Crippen LogP contribution in [-0.2, 0) is 6.42 Å². The SMILES string of the molecule is C=CC1=C(C=C)N(c2ccc(Cc3ccc4c5c(cc(F)cc35)C(N)=C4N)cc2)c2ccccc2O1. The van der Waals surface area contributed by atoms with Crippen molar-refractivity contribution in [2.75, 3.05) is 4.90 Å². The van der Waals surface area contributed by atoms with Crippen molar-refractivity contribution in [1.82, 2.24) is 0 Å².